The van der Waals surface area contributed by atoms with Crippen LogP contribution < -0.4 is 20.3 Å². The van der Waals surface area contributed by atoms with Crippen molar-refractivity contribution in [2.24, 2.45) is 0 Å². The number of rotatable bonds is 6. The Morgan fingerprint density at radius 2 is 1.90 bits per heavy atom. The second kappa shape index (κ2) is 9.03. The van der Waals surface area contributed by atoms with E-state index in [0.29, 0.717) is 33.0 Å². The highest BCUT2D eigenvalue weighted by Crippen LogP contribution is 2.38. The second-order valence-electron chi connectivity index (χ2n) is 6.93. The molecule has 9 heteroatoms. The molecule has 1 aromatic heterocycles. The van der Waals surface area contributed by atoms with Crippen molar-refractivity contribution >= 4 is 35.1 Å². The van der Waals surface area contributed by atoms with E-state index in [4.69, 9.17) is 21.1 Å². The van der Waals surface area contributed by atoms with Gasteiger partial charge < -0.3 is 19.8 Å². The minimum atomic E-state index is -0.442. The van der Waals surface area contributed by atoms with E-state index >= 15 is 0 Å². The molecule has 0 unspecified atom stereocenters. The molecule has 1 atom stereocenters. The fraction of sp³-hybridized carbons (Fsp3) is 0.227. The number of methoxy groups -OCH3 is 2. The molecular formula is C22H20ClN3O4S. The number of anilines is 1. The van der Waals surface area contributed by atoms with Crippen LogP contribution in [0.3, 0.4) is 0 Å². The molecule has 0 saturated heterocycles. The predicted octanol–water partition coefficient (Wildman–Crippen LogP) is 4.21. The summed E-state index contributed by atoms with van der Waals surface area (Å²) in [7, 11) is 3.09. The van der Waals surface area contributed by atoms with E-state index in [1.165, 1.54) is 11.8 Å². The Labute approximate surface area is 188 Å². The first kappa shape index (κ1) is 21.3. The van der Waals surface area contributed by atoms with Crippen LogP contribution in [0, 0.1) is 0 Å². The number of benzene rings is 2. The minimum Gasteiger partial charge on any atom is -0.493 e. The van der Waals surface area contributed by atoms with Gasteiger partial charge in [0.25, 0.3) is 5.56 Å². The molecule has 31 heavy (non-hydrogen) atoms. The standard InChI is InChI=1S/C22H20ClN3O4S/c1-29-16-8-7-12(9-17(16)30-2)14-10-18(27)24-20-19(14)21(28)26-22(25-20)31-11-13-5-3-4-6-15(13)23/h3-9,14H,10-11H2,1-2H3,(H2,24,25,26,27,28)/t14-/m1/s1. The lowest BCUT2D eigenvalue weighted by Gasteiger charge is -2.25. The van der Waals surface area contributed by atoms with Gasteiger partial charge in [0.1, 0.15) is 5.82 Å². The van der Waals surface area contributed by atoms with Crippen molar-refractivity contribution in [2.45, 2.75) is 23.2 Å². The van der Waals surface area contributed by atoms with Crippen LogP contribution in [-0.2, 0) is 10.5 Å². The molecule has 0 saturated carbocycles. The van der Waals surface area contributed by atoms with Crippen LogP contribution in [0.25, 0.3) is 0 Å². The molecule has 2 N–H and O–H groups in total. The van der Waals surface area contributed by atoms with Crippen LogP contribution in [0.2, 0.25) is 5.02 Å². The number of H-pyrrole nitrogens is 1. The second-order valence-corrected chi connectivity index (χ2v) is 8.30. The number of hydrogen-bond acceptors (Lipinski definition) is 6. The van der Waals surface area contributed by atoms with Gasteiger partial charge in [-0.15, -0.1) is 0 Å². The summed E-state index contributed by atoms with van der Waals surface area (Å²) < 4.78 is 10.7. The zero-order valence-corrected chi connectivity index (χ0v) is 18.5. The number of thioether (sulfide) groups is 1. The fourth-order valence-corrected chi connectivity index (χ4v) is 4.68. The van der Waals surface area contributed by atoms with Gasteiger partial charge in [0.15, 0.2) is 16.7 Å². The molecule has 2 heterocycles. The molecule has 7 nitrogen and oxygen atoms in total. The number of carbonyl (C=O) groups is 1. The van der Waals surface area contributed by atoms with E-state index in [-0.39, 0.29) is 23.7 Å². The zero-order chi connectivity index (χ0) is 22.0. The quantitative estimate of drug-likeness (QED) is 0.425. The number of amides is 1. The summed E-state index contributed by atoms with van der Waals surface area (Å²) in [6.45, 7) is 0. The van der Waals surface area contributed by atoms with E-state index in [2.05, 4.69) is 15.3 Å². The van der Waals surface area contributed by atoms with Crippen LogP contribution in [0.1, 0.15) is 29.0 Å². The average Bonchev–Trinajstić information content (AvgIpc) is 2.77. The highest BCUT2D eigenvalue weighted by Gasteiger charge is 2.31. The number of nitrogens with zero attached hydrogens (tertiary/aromatic N) is 1. The molecular weight excluding hydrogens is 438 g/mol. The van der Waals surface area contributed by atoms with Gasteiger partial charge in [-0.3, -0.25) is 9.59 Å². The number of carbonyl (C=O) groups excluding carboxylic acids is 1. The summed E-state index contributed by atoms with van der Waals surface area (Å²) in [5.41, 5.74) is 1.85. The molecule has 2 aromatic carbocycles. The highest BCUT2D eigenvalue weighted by atomic mass is 35.5. The van der Waals surface area contributed by atoms with E-state index in [0.717, 1.165) is 11.1 Å². The molecule has 1 amide bonds. The van der Waals surface area contributed by atoms with E-state index < -0.39 is 5.92 Å². The maximum Gasteiger partial charge on any atom is 0.257 e. The van der Waals surface area contributed by atoms with Crippen LogP contribution in [0.5, 0.6) is 11.5 Å². The lowest BCUT2D eigenvalue weighted by Crippen LogP contribution is -2.31. The van der Waals surface area contributed by atoms with Crippen molar-refractivity contribution in [3.8, 4) is 11.5 Å². The molecule has 0 spiro atoms. The molecule has 0 radical (unpaired) electrons. The summed E-state index contributed by atoms with van der Waals surface area (Å²) >= 11 is 7.55. The van der Waals surface area contributed by atoms with Gasteiger partial charge in [0.05, 0.1) is 19.8 Å². The Morgan fingerprint density at radius 1 is 1.13 bits per heavy atom. The molecule has 1 aliphatic heterocycles. The third kappa shape index (κ3) is 4.40. The van der Waals surface area contributed by atoms with Crippen molar-refractivity contribution in [3.63, 3.8) is 0 Å². The molecule has 4 rings (SSSR count). The molecule has 0 fully saturated rings. The summed E-state index contributed by atoms with van der Waals surface area (Å²) in [6.07, 6.45) is 0.138. The number of aromatic nitrogens is 2. The molecule has 0 bridgehead atoms. The Kier molecular flexibility index (Phi) is 6.20. The first-order valence-electron chi connectivity index (χ1n) is 9.52. The average molecular weight is 458 g/mol. The number of nitrogens with one attached hydrogen (secondary N) is 2. The Bertz CT molecular complexity index is 1200. The van der Waals surface area contributed by atoms with Crippen LogP contribution >= 0.6 is 23.4 Å². The monoisotopic (exact) mass is 457 g/mol. The Balaban J connectivity index is 1.67. The summed E-state index contributed by atoms with van der Waals surface area (Å²) in [6, 6.07) is 12.9. The Morgan fingerprint density at radius 3 is 2.65 bits per heavy atom. The molecule has 0 aliphatic carbocycles. The van der Waals surface area contributed by atoms with Crippen LogP contribution in [0.15, 0.2) is 52.4 Å². The van der Waals surface area contributed by atoms with Crippen LogP contribution in [-0.4, -0.2) is 30.1 Å². The topological polar surface area (TPSA) is 93.3 Å². The smallest absolute Gasteiger partial charge is 0.257 e. The molecule has 1 aliphatic rings. The van der Waals surface area contributed by atoms with Gasteiger partial charge in [-0.05, 0) is 29.3 Å². The van der Waals surface area contributed by atoms with Gasteiger partial charge in [0.2, 0.25) is 5.91 Å². The van der Waals surface area contributed by atoms with Crippen molar-refractivity contribution in [3.05, 3.63) is 74.5 Å². The lowest BCUT2D eigenvalue weighted by molar-refractivity contribution is -0.116. The molecule has 160 valence electrons. The normalized spacial score (nSPS) is 15.2. The van der Waals surface area contributed by atoms with E-state index in [9.17, 15) is 9.59 Å². The minimum absolute atomic E-state index is 0.138. The fourth-order valence-electron chi connectivity index (χ4n) is 3.53. The number of ether oxygens (including phenoxy) is 2. The first-order chi connectivity index (χ1) is 15.0. The van der Waals surface area contributed by atoms with Gasteiger partial charge in [-0.25, -0.2) is 4.98 Å². The third-order valence-electron chi connectivity index (χ3n) is 5.06. The summed E-state index contributed by atoms with van der Waals surface area (Å²) in [4.78, 5) is 32.7. The number of aromatic amines is 1. The van der Waals surface area contributed by atoms with E-state index in [1.54, 1.807) is 26.4 Å². The van der Waals surface area contributed by atoms with Crippen molar-refractivity contribution in [1.82, 2.24) is 9.97 Å². The number of halogens is 1. The van der Waals surface area contributed by atoms with E-state index in [1.807, 2.05) is 30.3 Å². The van der Waals surface area contributed by atoms with Crippen molar-refractivity contribution in [2.75, 3.05) is 19.5 Å². The SMILES string of the molecule is COc1ccc([C@H]2CC(=O)Nc3nc(SCc4ccccc4Cl)[nH]c(=O)c32)cc1OC. The Hall–Kier alpha value is -2.97. The number of fused-ring (bicyclic) bond motifs is 1. The maximum absolute atomic E-state index is 13.0. The van der Waals surface area contributed by atoms with Crippen LogP contribution in [0.4, 0.5) is 5.82 Å². The van der Waals surface area contributed by atoms with Crippen molar-refractivity contribution in [1.29, 1.82) is 0 Å². The van der Waals surface area contributed by atoms with Gasteiger partial charge in [0, 0.05) is 23.1 Å². The van der Waals surface area contributed by atoms with Gasteiger partial charge in [-0.2, -0.15) is 0 Å². The largest absolute Gasteiger partial charge is 0.493 e. The van der Waals surface area contributed by atoms with Gasteiger partial charge in [-0.1, -0.05) is 47.6 Å². The predicted molar refractivity (Wildman–Crippen MR) is 121 cm³/mol. The summed E-state index contributed by atoms with van der Waals surface area (Å²) in [5, 5.41) is 3.80. The maximum atomic E-state index is 13.0. The van der Waals surface area contributed by atoms with Crippen molar-refractivity contribution < 1.29 is 14.3 Å². The first-order valence-corrected chi connectivity index (χ1v) is 10.9. The van der Waals surface area contributed by atoms with Gasteiger partial charge >= 0.3 is 0 Å². The zero-order valence-electron chi connectivity index (χ0n) is 16.9. The lowest BCUT2D eigenvalue weighted by atomic mass is 9.86. The summed E-state index contributed by atoms with van der Waals surface area (Å²) in [5.74, 6) is 1.28. The number of hydrogen-bond donors (Lipinski definition) is 2. The molecule has 3 aromatic rings. The third-order valence-corrected chi connectivity index (χ3v) is 6.35. The highest BCUT2D eigenvalue weighted by molar-refractivity contribution is 7.98.